The van der Waals surface area contributed by atoms with Gasteiger partial charge in [0.05, 0.1) is 24.4 Å². The first-order chi connectivity index (χ1) is 15.2. The average Bonchev–Trinajstić information content (AvgIpc) is 3.43. The van der Waals surface area contributed by atoms with Crippen LogP contribution < -0.4 is 14.9 Å². The standard InChI is InChI=1S/C22H18N6O2S/c1-29-16-7-5-14(6-8-16)20-25-26-21(15-4-3-11-23-13-15)28(20)27-22-24-18-10-9-17(30-2)12-19(18)31-22/h3-13H,1-2H3,(H,24,27). The van der Waals surface area contributed by atoms with Gasteiger partial charge in [-0.2, -0.15) is 0 Å². The number of aromatic nitrogens is 5. The molecule has 31 heavy (non-hydrogen) atoms. The summed E-state index contributed by atoms with van der Waals surface area (Å²) in [5.41, 5.74) is 5.98. The Kier molecular flexibility index (Phi) is 4.93. The van der Waals surface area contributed by atoms with Crippen LogP contribution in [0, 0.1) is 0 Å². The molecule has 0 saturated heterocycles. The number of anilines is 1. The predicted octanol–water partition coefficient (Wildman–Crippen LogP) is 4.51. The van der Waals surface area contributed by atoms with Crippen LogP contribution in [0.15, 0.2) is 67.0 Å². The van der Waals surface area contributed by atoms with Gasteiger partial charge in [0.2, 0.25) is 5.13 Å². The molecule has 9 heteroatoms. The van der Waals surface area contributed by atoms with Crippen molar-refractivity contribution < 1.29 is 9.47 Å². The van der Waals surface area contributed by atoms with Gasteiger partial charge in [-0.1, -0.05) is 11.3 Å². The zero-order valence-corrected chi connectivity index (χ0v) is 17.6. The molecule has 1 N–H and O–H groups in total. The summed E-state index contributed by atoms with van der Waals surface area (Å²) in [5.74, 6) is 2.85. The van der Waals surface area contributed by atoms with Crippen LogP contribution in [0.25, 0.3) is 33.0 Å². The van der Waals surface area contributed by atoms with E-state index in [4.69, 9.17) is 14.5 Å². The van der Waals surface area contributed by atoms with Crippen molar-refractivity contribution >= 4 is 26.7 Å². The van der Waals surface area contributed by atoms with E-state index in [1.165, 1.54) is 11.3 Å². The van der Waals surface area contributed by atoms with E-state index in [9.17, 15) is 0 Å². The maximum Gasteiger partial charge on any atom is 0.203 e. The zero-order valence-electron chi connectivity index (χ0n) is 16.8. The molecule has 3 heterocycles. The van der Waals surface area contributed by atoms with E-state index in [1.54, 1.807) is 26.6 Å². The monoisotopic (exact) mass is 430 g/mol. The van der Waals surface area contributed by atoms with E-state index >= 15 is 0 Å². The van der Waals surface area contributed by atoms with Gasteiger partial charge in [0.1, 0.15) is 11.5 Å². The summed E-state index contributed by atoms with van der Waals surface area (Å²) >= 11 is 1.52. The molecule has 5 aromatic rings. The molecule has 0 aliphatic heterocycles. The molecule has 5 rings (SSSR count). The number of rotatable bonds is 6. The topological polar surface area (TPSA) is 87.0 Å². The highest BCUT2D eigenvalue weighted by molar-refractivity contribution is 7.22. The zero-order chi connectivity index (χ0) is 21.2. The third-order valence-electron chi connectivity index (χ3n) is 4.73. The second-order valence-electron chi connectivity index (χ2n) is 6.62. The fourth-order valence-corrected chi connectivity index (χ4v) is 4.06. The van der Waals surface area contributed by atoms with Crippen LogP contribution >= 0.6 is 11.3 Å². The molecule has 0 bridgehead atoms. The highest BCUT2D eigenvalue weighted by Crippen LogP contribution is 2.31. The molecule has 8 nitrogen and oxygen atoms in total. The fraction of sp³-hybridized carbons (Fsp3) is 0.0909. The Bertz CT molecular complexity index is 1330. The number of benzene rings is 2. The Labute approximate surface area is 182 Å². The first kappa shape index (κ1) is 19.0. The van der Waals surface area contributed by atoms with Crippen molar-refractivity contribution in [2.75, 3.05) is 19.6 Å². The number of hydrogen-bond acceptors (Lipinski definition) is 8. The molecule has 0 radical (unpaired) electrons. The van der Waals surface area contributed by atoms with E-state index in [-0.39, 0.29) is 0 Å². The summed E-state index contributed by atoms with van der Waals surface area (Å²) in [6.45, 7) is 0. The lowest BCUT2D eigenvalue weighted by Gasteiger charge is -2.11. The molecule has 0 saturated carbocycles. The first-order valence-corrected chi connectivity index (χ1v) is 10.3. The normalized spacial score (nSPS) is 10.9. The summed E-state index contributed by atoms with van der Waals surface area (Å²) in [4.78, 5) is 8.92. The van der Waals surface area contributed by atoms with Crippen molar-refractivity contribution in [3.8, 4) is 34.3 Å². The smallest absolute Gasteiger partial charge is 0.203 e. The highest BCUT2D eigenvalue weighted by Gasteiger charge is 2.17. The second kappa shape index (κ2) is 8.04. The van der Waals surface area contributed by atoms with Gasteiger partial charge < -0.3 is 9.47 Å². The third-order valence-corrected chi connectivity index (χ3v) is 5.66. The van der Waals surface area contributed by atoms with E-state index in [2.05, 4.69) is 20.6 Å². The minimum absolute atomic E-state index is 0.635. The minimum Gasteiger partial charge on any atom is -0.497 e. The number of fused-ring (bicyclic) bond motifs is 1. The lowest BCUT2D eigenvalue weighted by Crippen LogP contribution is -2.12. The number of nitrogens with zero attached hydrogens (tertiary/aromatic N) is 5. The van der Waals surface area contributed by atoms with Crippen molar-refractivity contribution in [3.63, 3.8) is 0 Å². The quantitative estimate of drug-likeness (QED) is 0.424. The number of ether oxygens (including phenoxy) is 2. The Morgan fingerprint density at radius 2 is 1.61 bits per heavy atom. The van der Waals surface area contributed by atoms with Crippen LogP contribution in [0.5, 0.6) is 11.5 Å². The second-order valence-corrected chi connectivity index (χ2v) is 7.65. The number of hydrogen-bond donors (Lipinski definition) is 1. The lowest BCUT2D eigenvalue weighted by atomic mass is 10.2. The summed E-state index contributed by atoms with van der Waals surface area (Å²) in [6.07, 6.45) is 3.48. The van der Waals surface area contributed by atoms with Crippen molar-refractivity contribution in [1.29, 1.82) is 0 Å². The van der Waals surface area contributed by atoms with Gasteiger partial charge in [-0.3, -0.25) is 10.4 Å². The molecule has 0 aliphatic rings. The van der Waals surface area contributed by atoms with Crippen LogP contribution in [0.4, 0.5) is 5.13 Å². The molecule has 0 atom stereocenters. The summed E-state index contributed by atoms with van der Waals surface area (Å²) in [5, 5.41) is 9.56. The molecule has 0 spiro atoms. The lowest BCUT2D eigenvalue weighted by molar-refractivity contribution is 0.415. The Hall–Kier alpha value is -3.98. The van der Waals surface area contributed by atoms with Gasteiger partial charge in [0.15, 0.2) is 11.6 Å². The maximum absolute atomic E-state index is 5.33. The molecule has 154 valence electrons. The fourth-order valence-electron chi connectivity index (χ4n) is 3.17. The summed E-state index contributed by atoms with van der Waals surface area (Å²) < 4.78 is 13.4. The van der Waals surface area contributed by atoms with Crippen LogP contribution in [0.2, 0.25) is 0 Å². The Balaban J connectivity index is 1.60. The van der Waals surface area contributed by atoms with Gasteiger partial charge in [0.25, 0.3) is 0 Å². The Morgan fingerprint density at radius 1 is 0.871 bits per heavy atom. The number of pyridine rings is 1. The number of methoxy groups -OCH3 is 2. The van der Waals surface area contributed by atoms with Gasteiger partial charge >= 0.3 is 0 Å². The number of thiazole rings is 1. The predicted molar refractivity (Wildman–Crippen MR) is 120 cm³/mol. The van der Waals surface area contributed by atoms with Crippen molar-refractivity contribution in [1.82, 2.24) is 24.8 Å². The maximum atomic E-state index is 5.33. The van der Waals surface area contributed by atoms with Gasteiger partial charge in [-0.25, -0.2) is 9.66 Å². The van der Waals surface area contributed by atoms with Crippen molar-refractivity contribution in [2.45, 2.75) is 0 Å². The molecule has 0 aliphatic carbocycles. The molecule has 2 aromatic carbocycles. The molecule has 0 fully saturated rings. The minimum atomic E-state index is 0.635. The molecule has 0 unspecified atom stereocenters. The molecular formula is C22H18N6O2S. The van der Waals surface area contributed by atoms with Crippen molar-refractivity contribution in [3.05, 3.63) is 67.0 Å². The highest BCUT2D eigenvalue weighted by atomic mass is 32.1. The van der Waals surface area contributed by atoms with Crippen LogP contribution in [-0.4, -0.2) is 39.1 Å². The van der Waals surface area contributed by atoms with Crippen molar-refractivity contribution in [2.24, 2.45) is 0 Å². The third kappa shape index (κ3) is 3.66. The van der Waals surface area contributed by atoms with Gasteiger partial charge in [-0.05, 0) is 54.6 Å². The van der Waals surface area contributed by atoms with Gasteiger partial charge in [-0.15, -0.1) is 10.2 Å². The van der Waals surface area contributed by atoms with Crippen LogP contribution in [0.1, 0.15) is 0 Å². The van der Waals surface area contributed by atoms with E-state index in [0.717, 1.165) is 32.8 Å². The van der Waals surface area contributed by atoms with Crippen LogP contribution in [-0.2, 0) is 0 Å². The Morgan fingerprint density at radius 3 is 2.32 bits per heavy atom. The van der Waals surface area contributed by atoms with Gasteiger partial charge in [0, 0.05) is 23.5 Å². The first-order valence-electron chi connectivity index (χ1n) is 9.47. The largest absolute Gasteiger partial charge is 0.497 e. The SMILES string of the molecule is COc1ccc(-c2nnc(-c3cccnc3)n2Nc2nc3ccc(OC)cc3s2)cc1. The number of nitrogens with one attached hydrogen (secondary N) is 1. The summed E-state index contributed by atoms with van der Waals surface area (Å²) in [7, 11) is 3.29. The van der Waals surface area contributed by atoms with E-state index < -0.39 is 0 Å². The molecule has 0 amide bonds. The summed E-state index contributed by atoms with van der Waals surface area (Å²) in [6, 6.07) is 17.3. The van der Waals surface area contributed by atoms with E-state index in [0.29, 0.717) is 16.8 Å². The van der Waals surface area contributed by atoms with E-state index in [1.807, 2.05) is 59.3 Å². The molecule has 3 aromatic heterocycles. The average molecular weight is 430 g/mol. The molecular weight excluding hydrogens is 412 g/mol. The van der Waals surface area contributed by atoms with Crippen LogP contribution in [0.3, 0.4) is 0 Å².